The molecule has 0 spiro atoms. The Morgan fingerprint density at radius 1 is 1.00 bits per heavy atom. The molecular weight excluding hydrogens is 196 g/mol. The summed E-state index contributed by atoms with van der Waals surface area (Å²) in [6.45, 7) is 4.13. The van der Waals surface area contributed by atoms with Gasteiger partial charge in [-0.05, 0) is 57.1 Å². The second-order valence-electron chi connectivity index (χ2n) is 5.66. The van der Waals surface area contributed by atoms with Crippen LogP contribution in [0.15, 0.2) is 18.2 Å². The van der Waals surface area contributed by atoms with Crippen molar-refractivity contribution in [3.05, 3.63) is 34.9 Å². The zero-order valence-electron chi connectivity index (χ0n) is 9.99. The minimum absolute atomic E-state index is 0.324. The van der Waals surface area contributed by atoms with Crippen LogP contribution in [0.5, 0.6) is 0 Å². The Kier molecular flexibility index (Phi) is 2.17. The van der Waals surface area contributed by atoms with Gasteiger partial charge in [-0.1, -0.05) is 17.2 Å². The number of fused-ring (bicyclic) bond motifs is 1. The van der Waals surface area contributed by atoms with Crippen molar-refractivity contribution in [2.75, 3.05) is 0 Å². The molecule has 0 saturated heterocycles. The lowest BCUT2D eigenvalue weighted by Gasteiger charge is -2.11. The molecule has 1 heteroatoms. The van der Waals surface area contributed by atoms with Crippen LogP contribution in [0.25, 0.3) is 0 Å². The van der Waals surface area contributed by atoms with Crippen molar-refractivity contribution < 1.29 is 4.79 Å². The zero-order valence-corrected chi connectivity index (χ0v) is 9.99. The third kappa shape index (κ3) is 1.68. The smallest absolute Gasteiger partial charge is 0.165 e. The molecule has 0 heterocycles. The van der Waals surface area contributed by atoms with Gasteiger partial charge in [-0.2, -0.15) is 0 Å². The number of Topliss-reactive ketones (excluding diaryl/α,β-unsaturated/α-hetero) is 1. The van der Waals surface area contributed by atoms with E-state index in [0.29, 0.717) is 11.7 Å². The van der Waals surface area contributed by atoms with Crippen molar-refractivity contribution in [2.24, 2.45) is 17.8 Å². The Bertz CT molecular complexity index is 416. The van der Waals surface area contributed by atoms with E-state index in [4.69, 9.17) is 0 Å². The normalized spacial score (nSPS) is 31.2. The summed E-state index contributed by atoms with van der Waals surface area (Å²) in [5, 5.41) is 0. The number of aryl methyl sites for hydroxylation is 2. The number of hydrogen-bond acceptors (Lipinski definition) is 1. The summed E-state index contributed by atoms with van der Waals surface area (Å²) >= 11 is 0. The second-order valence-corrected chi connectivity index (χ2v) is 5.66. The maximum atomic E-state index is 12.3. The van der Waals surface area contributed by atoms with E-state index >= 15 is 0 Å². The SMILES string of the molecule is Cc1cc(C)cc(C(=O)C2CC3CC3C2)c1. The fourth-order valence-corrected chi connectivity index (χ4v) is 3.28. The van der Waals surface area contributed by atoms with Crippen LogP contribution in [0.4, 0.5) is 0 Å². The number of carbonyl (C=O) groups is 1. The Labute approximate surface area is 96.9 Å². The Morgan fingerprint density at radius 2 is 1.56 bits per heavy atom. The summed E-state index contributed by atoms with van der Waals surface area (Å²) in [7, 11) is 0. The molecule has 0 aromatic heterocycles. The molecule has 1 aromatic rings. The van der Waals surface area contributed by atoms with E-state index in [-0.39, 0.29) is 0 Å². The molecule has 1 nitrogen and oxygen atoms in total. The van der Waals surface area contributed by atoms with E-state index < -0.39 is 0 Å². The van der Waals surface area contributed by atoms with Crippen LogP contribution in [0.1, 0.15) is 40.7 Å². The lowest BCUT2D eigenvalue weighted by molar-refractivity contribution is 0.0914. The van der Waals surface area contributed by atoms with Crippen molar-refractivity contribution in [2.45, 2.75) is 33.1 Å². The lowest BCUT2D eigenvalue weighted by Crippen LogP contribution is -2.13. The van der Waals surface area contributed by atoms with Crippen LogP contribution in [-0.2, 0) is 0 Å². The van der Waals surface area contributed by atoms with E-state index in [0.717, 1.165) is 30.2 Å². The molecule has 0 N–H and O–H groups in total. The minimum Gasteiger partial charge on any atom is -0.294 e. The van der Waals surface area contributed by atoms with Gasteiger partial charge in [0.2, 0.25) is 0 Å². The molecule has 0 amide bonds. The molecule has 2 aliphatic rings. The standard InChI is InChI=1S/C15H18O/c1-9-3-10(2)5-13(4-9)15(16)14-7-11-6-12(11)8-14/h3-5,11-12,14H,6-8H2,1-2H3. The number of carbonyl (C=O) groups excluding carboxylic acids is 1. The third-order valence-corrected chi connectivity index (χ3v) is 4.12. The van der Waals surface area contributed by atoms with E-state index in [2.05, 4.69) is 19.9 Å². The van der Waals surface area contributed by atoms with Gasteiger partial charge in [-0.15, -0.1) is 0 Å². The molecular formula is C15H18O. The molecule has 0 radical (unpaired) electrons. The van der Waals surface area contributed by atoms with Crippen molar-refractivity contribution in [3.8, 4) is 0 Å². The van der Waals surface area contributed by atoms with Gasteiger partial charge in [0.15, 0.2) is 5.78 Å². The van der Waals surface area contributed by atoms with Gasteiger partial charge in [-0.25, -0.2) is 0 Å². The van der Waals surface area contributed by atoms with Crippen molar-refractivity contribution in [1.82, 2.24) is 0 Å². The monoisotopic (exact) mass is 214 g/mol. The summed E-state index contributed by atoms with van der Waals surface area (Å²) in [6.07, 6.45) is 3.68. The fourth-order valence-electron chi connectivity index (χ4n) is 3.28. The molecule has 0 bridgehead atoms. The summed E-state index contributed by atoms with van der Waals surface area (Å²) < 4.78 is 0. The first kappa shape index (κ1) is 10.1. The average molecular weight is 214 g/mol. The van der Waals surface area contributed by atoms with Gasteiger partial charge in [0.25, 0.3) is 0 Å². The zero-order chi connectivity index (χ0) is 11.3. The van der Waals surface area contributed by atoms with Crippen LogP contribution >= 0.6 is 0 Å². The molecule has 2 saturated carbocycles. The number of hydrogen-bond donors (Lipinski definition) is 0. The van der Waals surface area contributed by atoms with Crippen LogP contribution in [-0.4, -0.2) is 5.78 Å². The Balaban J connectivity index is 1.83. The highest BCUT2D eigenvalue weighted by molar-refractivity contribution is 5.98. The summed E-state index contributed by atoms with van der Waals surface area (Å²) in [5.74, 6) is 2.49. The van der Waals surface area contributed by atoms with Gasteiger partial charge >= 0.3 is 0 Å². The van der Waals surface area contributed by atoms with Gasteiger partial charge in [0.1, 0.15) is 0 Å². The molecule has 0 aliphatic heterocycles. The lowest BCUT2D eigenvalue weighted by atomic mass is 9.92. The van der Waals surface area contributed by atoms with Gasteiger partial charge in [0, 0.05) is 11.5 Å². The Morgan fingerprint density at radius 3 is 2.12 bits per heavy atom. The highest BCUT2D eigenvalue weighted by atomic mass is 16.1. The second kappa shape index (κ2) is 3.44. The van der Waals surface area contributed by atoms with Crippen LogP contribution in [0.3, 0.4) is 0 Å². The first-order valence-corrected chi connectivity index (χ1v) is 6.26. The maximum absolute atomic E-state index is 12.3. The first-order valence-electron chi connectivity index (χ1n) is 6.26. The summed E-state index contributed by atoms with van der Waals surface area (Å²) in [4.78, 5) is 12.3. The van der Waals surface area contributed by atoms with Crippen LogP contribution < -0.4 is 0 Å². The minimum atomic E-state index is 0.324. The molecule has 2 atom stereocenters. The highest BCUT2D eigenvalue weighted by Gasteiger charge is 2.47. The van der Waals surface area contributed by atoms with Crippen LogP contribution in [0, 0.1) is 31.6 Å². The van der Waals surface area contributed by atoms with Crippen molar-refractivity contribution >= 4 is 5.78 Å². The van der Waals surface area contributed by atoms with Crippen LogP contribution in [0.2, 0.25) is 0 Å². The highest BCUT2D eigenvalue weighted by Crippen LogP contribution is 2.54. The van der Waals surface area contributed by atoms with E-state index in [1.807, 2.05) is 12.1 Å². The third-order valence-electron chi connectivity index (χ3n) is 4.12. The molecule has 2 fully saturated rings. The van der Waals surface area contributed by atoms with Gasteiger partial charge in [-0.3, -0.25) is 4.79 Å². The maximum Gasteiger partial charge on any atom is 0.165 e. The number of rotatable bonds is 2. The fraction of sp³-hybridized carbons (Fsp3) is 0.533. The Hall–Kier alpha value is -1.11. The van der Waals surface area contributed by atoms with E-state index in [1.165, 1.54) is 17.5 Å². The summed E-state index contributed by atoms with van der Waals surface area (Å²) in [5.41, 5.74) is 3.34. The molecule has 16 heavy (non-hydrogen) atoms. The van der Waals surface area contributed by atoms with Gasteiger partial charge < -0.3 is 0 Å². The molecule has 1 aromatic carbocycles. The van der Waals surface area contributed by atoms with Crippen molar-refractivity contribution in [3.63, 3.8) is 0 Å². The first-order chi connectivity index (χ1) is 7.63. The molecule has 84 valence electrons. The quantitative estimate of drug-likeness (QED) is 0.688. The molecule has 3 rings (SSSR count). The topological polar surface area (TPSA) is 17.1 Å². The predicted octanol–water partition coefficient (Wildman–Crippen LogP) is 3.53. The predicted molar refractivity (Wildman–Crippen MR) is 64.6 cm³/mol. The van der Waals surface area contributed by atoms with E-state index in [9.17, 15) is 4.79 Å². The van der Waals surface area contributed by atoms with Crippen molar-refractivity contribution in [1.29, 1.82) is 0 Å². The largest absolute Gasteiger partial charge is 0.294 e. The molecule has 2 unspecified atom stereocenters. The molecule has 2 aliphatic carbocycles. The number of benzene rings is 1. The van der Waals surface area contributed by atoms with Gasteiger partial charge in [0.05, 0.1) is 0 Å². The van der Waals surface area contributed by atoms with E-state index in [1.54, 1.807) is 0 Å². The number of ketones is 1. The average Bonchev–Trinajstić information content (AvgIpc) is 2.83. The summed E-state index contributed by atoms with van der Waals surface area (Å²) in [6, 6.07) is 6.21.